The van der Waals surface area contributed by atoms with Crippen molar-refractivity contribution in [2.24, 2.45) is 0 Å². The normalized spacial score (nSPS) is 13.9. The standard InChI is InChI=1S/C24H31NO5/c1-16(29-23(2,3)4)20(21(26)27)25-22(28)30-24(5,6)19-14-12-18(13-15-19)17-10-8-7-9-11-17/h7-16,20H,1-6H3,(H,25,28)(H,26,27)/p-1. The van der Waals surface area contributed by atoms with Crippen molar-refractivity contribution in [3.63, 3.8) is 0 Å². The van der Waals surface area contributed by atoms with E-state index in [1.807, 2.05) is 54.6 Å². The van der Waals surface area contributed by atoms with Gasteiger partial charge in [-0.15, -0.1) is 0 Å². The molecule has 2 aromatic carbocycles. The van der Waals surface area contributed by atoms with Gasteiger partial charge in [-0.3, -0.25) is 0 Å². The second kappa shape index (κ2) is 9.30. The summed E-state index contributed by atoms with van der Waals surface area (Å²) in [5.74, 6) is -1.44. The summed E-state index contributed by atoms with van der Waals surface area (Å²) < 4.78 is 11.2. The third kappa shape index (κ3) is 6.59. The molecule has 0 fully saturated rings. The van der Waals surface area contributed by atoms with Gasteiger partial charge in [0.2, 0.25) is 0 Å². The molecule has 0 saturated carbocycles. The second-order valence-corrected chi connectivity index (χ2v) is 8.72. The highest BCUT2D eigenvalue weighted by molar-refractivity contribution is 5.79. The average molecular weight is 413 g/mol. The Morgan fingerprint density at radius 1 is 0.900 bits per heavy atom. The lowest BCUT2D eigenvalue weighted by Gasteiger charge is -2.33. The van der Waals surface area contributed by atoms with Gasteiger partial charge < -0.3 is 24.7 Å². The van der Waals surface area contributed by atoms with Gasteiger partial charge in [0.25, 0.3) is 0 Å². The van der Waals surface area contributed by atoms with Crippen LogP contribution >= 0.6 is 0 Å². The van der Waals surface area contributed by atoms with Crippen molar-refractivity contribution in [3.05, 3.63) is 60.2 Å². The molecular weight excluding hydrogens is 382 g/mol. The van der Waals surface area contributed by atoms with Gasteiger partial charge in [-0.05, 0) is 58.2 Å². The molecule has 162 valence electrons. The fraction of sp³-hybridized carbons (Fsp3) is 0.417. The number of hydrogen-bond acceptors (Lipinski definition) is 5. The van der Waals surface area contributed by atoms with Gasteiger partial charge in [0.15, 0.2) is 0 Å². The fourth-order valence-corrected chi connectivity index (χ4v) is 3.14. The Balaban J connectivity index is 2.07. The molecule has 0 aromatic heterocycles. The monoisotopic (exact) mass is 412 g/mol. The van der Waals surface area contributed by atoms with Gasteiger partial charge in [-0.2, -0.15) is 0 Å². The molecule has 2 unspecified atom stereocenters. The fourth-order valence-electron chi connectivity index (χ4n) is 3.14. The summed E-state index contributed by atoms with van der Waals surface area (Å²) in [5, 5.41) is 13.9. The molecule has 2 aromatic rings. The first-order chi connectivity index (χ1) is 13.9. The van der Waals surface area contributed by atoms with Crippen LogP contribution in [0.5, 0.6) is 0 Å². The van der Waals surface area contributed by atoms with E-state index in [2.05, 4.69) is 5.32 Å². The highest BCUT2D eigenvalue weighted by Crippen LogP contribution is 2.28. The van der Waals surface area contributed by atoms with E-state index in [9.17, 15) is 14.7 Å². The number of alkyl carbamates (subject to hydrolysis) is 1. The summed E-state index contributed by atoms with van der Waals surface area (Å²) in [7, 11) is 0. The van der Waals surface area contributed by atoms with Crippen LogP contribution < -0.4 is 10.4 Å². The summed E-state index contributed by atoms with van der Waals surface area (Å²) in [6.07, 6.45) is -1.65. The molecule has 0 aliphatic heterocycles. The largest absolute Gasteiger partial charge is 0.548 e. The van der Waals surface area contributed by atoms with Crippen molar-refractivity contribution < 1.29 is 24.2 Å². The summed E-state index contributed by atoms with van der Waals surface area (Å²) in [5.41, 5.74) is 1.37. The molecule has 0 aliphatic rings. The number of carboxylic acids is 1. The van der Waals surface area contributed by atoms with Crippen molar-refractivity contribution in [3.8, 4) is 11.1 Å². The lowest BCUT2D eigenvalue weighted by molar-refractivity contribution is -0.311. The zero-order valence-corrected chi connectivity index (χ0v) is 18.4. The van der Waals surface area contributed by atoms with E-state index >= 15 is 0 Å². The highest BCUT2D eigenvalue weighted by Gasteiger charge is 2.30. The SMILES string of the molecule is CC(OC(C)(C)C)C(NC(=O)OC(C)(C)c1ccc(-c2ccccc2)cc1)C(=O)[O-]. The minimum absolute atomic E-state index is 0.571. The van der Waals surface area contributed by atoms with Crippen molar-refractivity contribution in [2.75, 3.05) is 0 Å². The first-order valence-corrected chi connectivity index (χ1v) is 9.93. The van der Waals surface area contributed by atoms with E-state index in [4.69, 9.17) is 9.47 Å². The molecule has 6 heteroatoms. The van der Waals surface area contributed by atoms with Gasteiger partial charge in [-0.1, -0.05) is 54.6 Å². The number of amides is 1. The molecule has 0 heterocycles. The summed E-state index contributed by atoms with van der Waals surface area (Å²) in [6, 6.07) is 16.3. The van der Waals surface area contributed by atoms with Crippen molar-refractivity contribution in [2.45, 2.75) is 64.9 Å². The zero-order chi connectivity index (χ0) is 22.5. The minimum atomic E-state index is -1.44. The average Bonchev–Trinajstić information content (AvgIpc) is 2.65. The lowest BCUT2D eigenvalue weighted by Crippen LogP contribution is -2.56. The number of ether oxygens (including phenoxy) is 2. The number of nitrogens with one attached hydrogen (secondary N) is 1. The van der Waals surface area contributed by atoms with Gasteiger partial charge in [0.05, 0.1) is 23.7 Å². The van der Waals surface area contributed by atoms with Crippen LogP contribution in [0, 0.1) is 0 Å². The molecular formula is C24H30NO5-. The minimum Gasteiger partial charge on any atom is -0.548 e. The van der Waals surface area contributed by atoms with Crippen LogP contribution in [0.2, 0.25) is 0 Å². The molecule has 0 saturated heterocycles. The Bertz CT molecular complexity index is 853. The number of rotatable bonds is 7. The molecule has 2 rings (SSSR count). The topological polar surface area (TPSA) is 87.7 Å². The Hall–Kier alpha value is -2.86. The molecule has 30 heavy (non-hydrogen) atoms. The summed E-state index contributed by atoms with van der Waals surface area (Å²) in [4.78, 5) is 23.9. The van der Waals surface area contributed by atoms with Crippen molar-refractivity contribution in [1.82, 2.24) is 5.32 Å². The first kappa shape index (κ1) is 23.4. The highest BCUT2D eigenvalue weighted by atomic mass is 16.6. The van der Waals surface area contributed by atoms with Crippen molar-refractivity contribution >= 4 is 12.1 Å². The maximum absolute atomic E-state index is 12.4. The van der Waals surface area contributed by atoms with Crippen LogP contribution in [0.25, 0.3) is 11.1 Å². The van der Waals surface area contributed by atoms with E-state index in [1.54, 1.807) is 41.5 Å². The molecule has 0 bridgehead atoms. The Kier molecular flexibility index (Phi) is 7.26. The zero-order valence-electron chi connectivity index (χ0n) is 18.4. The van der Waals surface area contributed by atoms with E-state index in [0.717, 1.165) is 16.7 Å². The maximum atomic E-state index is 12.4. The second-order valence-electron chi connectivity index (χ2n) is 8.72. The third-order valence-electron chi connectivity index (χ3n) is 4.57. The van der Waals surface area contributed by atoms with Gasteiger partial charge in [0, 0.05) is 0 Å². The van der Waals surface area contributed by atoms with Gasteiger partial charge >= 0.3 is 6.09 Å². The Labute approximate surface area is 178 Å². The number of benzene rings is 2. The maximum Gasteiger partial charge on any atom is 0.408 e. The van der Waals surface area contributed by atoms with E-state index in [0.29, 0.717) is 0 Å². The molecule has 6 nitrogen and oxygen atoms in total. The first-order valence-electron chi connectivity index (χ1n) is 9.93. The van der Waals surface area contributed by atoms with Gasteiger partial charge in [0.1, 0.15) is 5.60 Å². The lowest BCUT2D eigenvalue weighted by atomic mass is 9.95. The third-order valence-corrected chi connectivity index (χ3v) is 4.57. The molecule has 2 atom stereocenters. The number of hydrogen-bond donors (Lipinski definition) is 1. The predicted octanol–water partition coefficient (Wildman–Crippen LogP) is 3.64. The number of carboxylic acid groups (broad SMARTS) is 1. The van der Waals surface area contributed by atoms with E-state index in [1.165, 1.54) is 0 Å². The predicted molar refractivity (Wildman–Crippen MR) is 114 cm³/mol. The van der Waals surface area contributed by atoms with E-state index in [-0.39, 0.29) is 0 Å². The van der Waals surface area contributed by atoms with Crippen LogP contribution in [0.15, 0.2) is 54.6 Å². The van der Waals surface area contributed by atoms with Crippen LogP contribution in [0.3, 0.4) is 0 Å². The number of carbonyl (C=O) groups excluding carboxylic acids is 2. The molecule has 0 spiro atoms. The molecule has 1 amide bonds. The van der Waals surface area contributed by atoms with Gasteiger partial charge in [-0.25, -0.2) is 4.79 Å². The van der Waals surface area contributed by atoms with E-state index < -0.39 is 35.4 Å². The van der Waals surface area contributed by atoms with Crippen LogP contribution in [-0.4, -0.2) is 29.8 Å². The van der Waals surface area contributed by atoms with Crippen LogP contribution in [0.1, 0.15) is 47.1 Å². The van der Waals surface area contributed by atoms with Crippen LogP contribution in [0.4, 0.5) is 4.79 Å². The Morgan fingerprint density at radius 3 is 1.93 bits per heavy atom. The molecule has 0 radical (unpaired) electrons. The quantitative estimate of drug-likeness (QED) is 0.750. The number of carbonyl (C=O) groups is 2. The molecule has 0 aliphatic carbocycles. The number of aliphatic carboxylic acids is 1. The Morgan fingerprint density at radius 2 is 1.43 bits per heavy atom. The summed E-state index contributed by atoms with van der Waals surface area (Å²) >= 11 is 0. The molecule has 1 N–H and O–H groups in total. The van der Waals surface area contributed by atoms with Crippen molar-refractivity contribution in [1.29, 1.82) is 0 Å². The smallest absolute Gasteiger partial charge is 0.408 e. The summed E-state index contributed by atoms with van der Waals surface area (Å²) in [6.45, 7) is 10.5. The van der Waals surface area contributed by atoms with Crippen LogP contribution in [-0.2, 0) is 19.9 Å².